The first-order valence-corrected chi connectivity index (χ1v) is 10.7. The number of nitrogens with zero attached hydrogens (tertiary/aromatic N) is 1. The van der Waals surface area contributed by atoms with E-state index in [4.69, 9.17) is 9.47 Å². The summed E-state index contributed by atoms with van der Waals surface area (Å²) in [6.07, 6.45) is 0. The second-order valence-electron chi connectivity index (χ2n) is 5.68. The molecule has 0 radical (unpaired) electrons. The van der Waals surface area contributed by atoms with Crippen molar-refractivity contribution in [3.05, 3.63) is 52.9 Å². The molecule has 0 spiro atoms. The molecule has 0 fully saturated rings. The van der Waals surface area contributed by atoms with Crippen LogP contribution in [0.4, 0.5) is 5.69 Å². The van der Waals surface area contributed by atoms with Gasteiger partial charge in [-0.2, -0.15) is 0 Å². The first-order valence-electron chi connectivity index (χ1n) is 8.29. The maximum Gasteiger partial charge on any atom is 0.265 e. The van der Waals surface area contributed by atoms with E-state index >= 15 is 0 Å². The average molecular weight is 405 g/mol. The van der Waals surface area contributed by atoms with E-state index < -0.39 is 10.0 Å². The van der Waals surface area contributed by atoms with E-state index in [9.17, 15) is 8.42 Å². The van der Waals surface area contributed by atoms with Gasteiger partial charge < -0.3 is 9.47 Å². The minimum atomic E-state index is -3.85. The van der Waals surface area contributed by atoms with E-state index in [2.05, 4.69) is 9.71 Å². The van der Waals surface area contributed by atoms with Gasteiger partial charge in [-0.25, -0.2) is 13.4 Å². The van der Waals surface area contributed by atoms with Crippen molar-refractivity contribution in [1.82, 2.24) is 4.98 Å². The molecule has 1 heterocycles. The highest BCUT2D eigenvalue weighted by Gasteiger charge is 2.21. The minimum absolute atomic E-state index is 0.0574. The number of aromatic nitrogens is 1. The van der Waals surface area contributed by atoms with Gasteiger partial charge in [-0.1, -0.05) is 0 Å². The van der Waals surface area contributed by atoms with Gasteiger partial charge in [-0.05, 0) is 56.3 Å². The maximum atomic E-state index is 12.9. The molecule has 1 aromatic heterocycles. The van der Waals surface area contributed by atoms with Gasteiger partial charge in [0.2, 0.25) is 0 Å². The van der Waals surface area contributed by atoms with E-state index in [-0.39, 0.29) is 10.6 Å². The number of benzene rings is 2. The predicted molar refractivity (Wildman–Crippen MR) is 107 cm³/mol. The van der Waals surface area contributed by atoms with Crippen LogP contribution >= 0.6 is 11.3 Å². The van der Waals surface area contributed by atoms with Crippen LogP contribution in [-0.4, -0.2) is 27.1 Å². The lowest BCUT2D eigenvalue weighted by Crippen LogP contribution is -2.14. The van der Waals surface area contributed by atoms with Gasteiger partial charge in [0, 0.05) is 16.6 Å². The first kappa shape index (κ1) is 19.2. The van der Waals surface area contributed by atoms with E-state index in [0.717, 1.165) is 10.7 Å². The van der Waals surface area contributed by atoms with Crippen molar-refractivity contribution in [2.75, 3.05) is 18.4 Å². The first-order chi connectivity index (χ1) is 12.9. The van der Waals surface area contributed by atoms with Gasteiger partial charge in [0.1, 0.15) is 16.4 Å². The van der Waals surface area contributed by atoms with Gasteiger partial charge in [0.05, 0.1) is 24.4 Å². The Kier molecular flexibility index (Phi) is 5.67. The fourth-order valence-corrected chi connectivity index (χ4v) is 4.41. The smallest absolute Gasteiger partial charge is 0.265 e. The van der Waals surface area contributed by atoms with E-state index in [1.165, 1.54) is 18.4 Å². The van der Waals surface area contributed by atoms with Crippen molar-refractivity contribution in [1.29, 1.82) is 0 Å². The minimum Gasteiger partial charge on any atom is -0.495 e. The summed E-state index contributed by atoms with van der Waals surface area (Å²) < 4.78 is 39.1. The third-order valence-electron chi connectivity index (χ3n) is 3.79. The Morgan fingerprint density at radius 1 is 1.15 bits per heavy atom. The SMILES string of the molecule is CCOc1ccc(NS(=O)(=O)c2cc(-c3csc(C)n3)ccc2OC)cc1. The van der Waals surface area contributed by atoms with Crippen LogP contribution in [0.5, 0.6) is 11.5 Å². The fourth-order valence-electron chi connectivity index (χ4n) is 2.54. The monoisotopic (exact) mass is 404 g/mol. The van der Waals surface area contributed by atoms with Gasteiger partial charge in [0.25, 0.3) is 10.0 Å². The Morgan fingerprint density at radius 3 is 2.48 bits per heavy atom. The summed E-state index contributed by atoms with van der Waals surface area (Å²) in [7, 11) is -2.40. The number of thiazole rings is 1. The Bertz CT molecular complexity index is 1030. The fraction of sp³-hybridized carbons (Fsp3) is 0.211. The van der Waals surface area contributed by atoms with Crippen molar-refractivity contribution in [2.45, 2.75) is 18.7 Å². The molecule has 0 aliphatic carbocycles. The predicted octanol–water partition coefficient (Wildman–Crippen LogP) is 4.33. The number of hydrogen-bond acceptors (Lipinski definition) is 6. The molecule has 0 amide bonds. The quantitative estimate of drug-likeness (QED) is 0.634. The number of aryl methyl sites for hydroxylation is 1. The normalized spacial score (nSPS) is 11.2. The standard InChI is InChI=1S/C19H20N2O4S2/c1-4-25-16-8-6-15(7-9-16)21-27(22,23)19-11-14(5-10-18(19)24-3)17-12-26-13(2)20-17/h5-12,21H,4H2,1-3H3. The lowest BCUT2D eigenvalue weighted by Gasteiger charge is -2.13. The van der Waals surface area contributed by atoms with Crippen LogP contribution in [-0.2, 0) is 10.0 Å². The molecule has 0 saturated heterocycles. The van der Waals surface area contributed by atoms with E-state index in [0.29, 0.717) is 23.6 Å². The molecule has 0 aliphatic heterocycles. The zero-order valence-corrected chi connectivity index (χ0v) is 16.9. The molecule has 3 rings (SSSR count). The van der Waals surface area contributed by atoms with Gasteiger partial charge in [-0.3, -0.25) is 4.72 Å². The number of anilines is 1. The van der Waals surface area contributed by atoms with Crippen LogP contribution in [0.15, 0.2) is 52.7 Å². The lowest BCUT2D eigenvalue weighted by molar-refractivity contribution is 0.340. The van der Waals surface area contributed by atoms with Crippen LogP contribution in [0, 0.1) is 6.92 Å². The Labute approximate surface area is 162 Å². The molecule has 142 valence electrons. The van der Waals surface area contributed by atoms with Crippen molar-refractivity contribution in [3.8, 4) is 22.8 Å². The maximum absolute atomic E-state index is 12.9. The molecule has 2 aromatic carbocycles. The van der Waals surface area contributed by atoms with Gasteiger partial charge >= 0.3 is 0 Å². The second-order valence-corrected chi connectivity index (χ2v) is 8.39. The summed E-state index contributed by atoms with van der Waals surface area (Å²) in [6, 6.07) is 11.7. The molecule has 27 heavy (non-hydrogen) atoms. The van der Waals surface area contributed by atoms with Gasteiger partial charge in [0.15, 0.2) is 0 Å². The molecule has 0 aliphatic rings. The summed E-state index contributed by atoms with van der Waals surface area (Å²) in [4.78, 5) is 4.48. The highest BCUT2D eigenvalue weighted by Crippen LogP contribution is 2.31. The third-order valence-corrected chi connectivity index (χ3v) is 5.96. The Balaban J connectivity index is 1.94. The molecule has 3 aromatic rings. The summed E-state index contributed by atoms with van der Waals surface area (Å²) >= 11 is 1.51. The molecule has 8 heteroatoms. The summed E-state index contributed by atoms with van der Waals surface area (Å²) in [5.41, 5.74) is 1.89. The highest BCUT2D eigenvalue weighted by molar-refractivity contribution is 7.92. The Hall–Kier alpha value is -2.58. The zero-order chi connectivity index (χ0) is 19.4. The second kappa shape index (κ2) is 7.98. The van der Waals surface area contributed by atoms with Crippen molar-refractivity contribution in [2.24, 2.45) is 0 Å². The highest BCUT2D eigenvalue weighted by atomic mass is 32.2. The number of ether oxygens (including phenoxy) is 2. The molecule has 0 saturated carbocycles. The van der Waals surface area contributed by atoms with Crippen LogP contribution < -0.4 is 14.2 Å². The number of methoxy groups -OCH3 is 1. The lowest BCUT2D eigenvalue weighted by atomic mass is 10.2. The third kappa shape index (κ3) is 4.40. The topological polar surface area (TPSA) is 77.5 Å². The average Bonchev–Trinajstić information content (AvgIpc) is 3.09. The van der Waals surface area contributed by atoms with E-state index in [1.54, 1.807) is 42.5 Å². The molecule has 6 nitrogen and oxygen atoms in total. The number of hydrogen-bond donors (Lipinski definition) is 1. The summed E-state index contributed by atoms with van der Waals surface area (Å²) in [6.45, 7) is 4.34. The van der Waals surface area contributed by atoms with Crippen LogP contribution in [0.2, 0.25) is 0 Å². The molecule has 1 N–H and O–H groups in total. The molecule has 0 bridgehead atoms. The number of sulfonamides is 1. The van der Waals surface area contributed by atoms with Crippen LogP contribution in [0.3, 0.4) is 0 Å². The summed E-state index contributed by atoms with van der Waals surface area (Å²) in [5.74, 6) is 0.947. The molecular formula is C19H20N2O4S2. The van der Waals surface area contributed by atoms with Gasteiger partial charge in [-0.15, -0.1) is 11.3 Å². The zero-order valence-electron chi connectivity index (χ0n) is 15.2. The molecule has 0 unspecified atom stereocenters. The Morgan fingerprint density at radius 2 is 1.89 bits per heavy atom. The van der Waals surface area contributed by atoms with Crippen LogP contribution in [0.25, 0.3) is 11.3 Å². The molecule has 0 atom stereocenters. The van der Waals surface area contributed by atoms with Crippen molar-refractivity contribution in [3.63, 3.8) is 0 Å². The van der Waals surface area contributed by atoms with Crippen molar-refractivity contribution < 1.29 is 17.9 Å². The number of nitrogens with one attached hydrogen (secondary N) is 1. The molecular weight excluding hydrogens is 384 g/mol. The largest absolute Gasteiger partial charge is 0.495 e. The van der Waals surface area contributed by atoms with E-state index in [1.807, 2.05) is 19.2 Å². The number of rotatable bonds is 7. The van der Waals surface area contributed by atoms with Crippen molar-refractivity contribution >= 4 is 27.0 Å². The summed E-state index contributed by atoms with van der Waals surface area (Å²) in [5, 5.41) is 2.81. The van der Waals surface area contributed by atoms with Crippen LogP contribution in [0.1, 0.15) is 11.9 Å².